The van der Waals surface area contributed by atoms with Gasteiger partial charge in [-0.3, -0.25) is 14.5 Å². The summed E-state index contributed by atoms with van der Waals surface area (Å²) >= 11 is 5.94. The van der Waals surface area contributed by atoms with Crippen LogP contribution in [-0.2, 0) is 9.59 Å². The zero-order chi connectivity index (χ0) is 18.1. The second-order valence-electron chi connectivity index (χ2n) is 5.75. The molecule has 5 nitrogen and oxygen atoms in total. The van der Waals surface area contributed by atoms with Crippen LogP contribution in [-0.4, -0.2) is 47.7 Å². The molecule has 140 valence electrons. The van der Waals surface area contributed by atoms with Gasteiger partial charge in [0.05, 0.1) is 18.4 Å². The van der Waals surface area contributed by atoms with Crippen molar-refractivity contribution in [2.75, 3.05) is 25.0 Å². The monoisotopic (exact) mass is 400 g/mol. The summed E-state index contributed by atoms with van der Waals surface area (Å²) in [5.41, 5.74) is 1.11. The number of carbonyl (C=O) groups excluding carboxylic acids is 1. The van der Waals surface area contributed by atoms with E-state index in [1.165, 1.54) is 4.90 Å². The summed E-state index contributed by atoms with van der Waals surface area (Å²) in [4.78, 5) is 24.3. The molecule has 1 aromatic carbocycles. The van der Waals surface area contributed by atoms with Crippen molar-refractivity contribution >= 4 is 41.6 Å². The number of carboxylic acid groups (broad SMARTS) is 1. The van der Waals surface area contributed by atoms with Gasteiger partial charge in [-0.15, -0.1) is 12.4 Å². The molecule has 25 heavy (non-hydrogen) atoms. The van der Waals surface area contributed by atoms with Crippen LogP contribution in [0.15, 0.2) is 18.2 Å². The van der Waals surface area contributed by atoms with Crippen LogP contribution in [0.2, 0.25) is 5.02 Å². The van der Waals surface area contributed by atoms with Crippen LogP contribution in [0.3, 0.4) is 0 Å². The standard InChI is InChI=1S/C15H16ClF3N2O3.ClH/c1-8-11(16)3-2-4-12(8)20-13(22)7-21-5-9(14(23)24)10(6-21)15(17,18)19;/h2-4,9-10H,5-7H2,1H3,(H,20,22)(H,23,24);1H/t9-,10-;/m1./s1. The van der Waals surface area contributed by atoms with E-state index in [-0.39, 0.29) is 25.5 Å². The van der Waals surface area contributed by atoms with Crippen molar-refractivity contribution in [1.82, 2.24) is 4.90 Å². The lowest BCUT2D eigenvalue weighted by atomic mass is 9.96. The summed E-state index contributed by atoms with van der Waals surface area (Å²) in [5, 5.41) is 12.0. The highest BCUT2D eigenvalue weighted by Gasteiger charge is 2.52. The van der Waals surface area contributed by atoms with Crippen molar-refractivity contribution in [2.45, 2.75) is 13.1 Å². The van der Waals surface area contributed by atoms with Gasteiger partial charge in [-0.25, -0.2) is 0 Å². The van der Waals surface area contributed by atoms with Gasteiger partial charge >= 0.3 is 12.1 Å². The van der Waals surface area contributed by atoms with Gasteiger partial charge in [0.25, 0.3) is 0 Å². The van der Waals surface area contributed by atoms with Crippen molar-refractivity contribution in [3.05, 3.63) is 28.8 Å². The summed E-state index contributed by atoms with van der Waals surface area (Å²) in [5.74, 6) is -5.57. The number of rotatable bonds is 4. The smallest absolute Gasteiger partial charge is 0.393 e. The molecule has 1 saturated heterocycles. The van der Waals surface area contributed by atoms with E-state index in [9.17, 15) is 22.8 Å². The zero-order valence-corrected chi connectivity index (χ0v) is 14.7. The van der Waals surface area contributed by atoms with E-state index < -0.39 is 36.4 Å². The maximum atomic E-state index is 12.9. The van der Waals surface area contributed by atoms with Crippen molar-refractivity contribution in [1.29, 1.82) is 0 Å². The molecule has 0 saturated carbocycles. The molecule has 1 amide bonds. The number of alkyl halides is 3. The first-order valence-electron chi connectivity index (χ1n) is 7.16. The molecule has 2 atom stereocenters. The molecule has 0 bridgehead atoms. The number of amides is 1. The Bertz CT molecular complexity index is 655. The molecular weight excluding hydrogens is 384 g/mol. The lowest BCUT2D eigenvalue weighted by molar-refractivity contribution is -0.188. The first-order chi connectivity index (χ1) is 11.1. The third-order valence-electron chi connectivity index (χ3n) is 4.04. The highest BCUT2D eigenvalue weighted by Crippen LogP contribution is 2.37. The molecule has 0 radical (unpaired) electrons. The normalized spacial score (nSPS) is 20.8. The van der Waals surface area contributed by atoms with Crippen LogP contribution in [0, 0.1) is 18.8 Å². The Labute approximate surface area is 153 Å². The van der Waals surface area contributed by atoms with E-state index in [0.717, 1.165) is 0 Å². The zero-order valence-electron chi connectivity index (χ0n) is 13.1. The van der Waals surface area contributed by atoms with E-state index in [2.05, 4.69) is 5.32 Å². The number of benzene rings is 1. The molecule has 10 heteroatoms. The third kappa shape index (κ3) is 5.23. The first-order valence-corrected chi connectivity index (χ1v) is 7.54. The number of nitrogens with zero attached hydrogens (tertiary/aromatic N) is 1. The minimum Gasteiger partial charge on any atom is -0.481 e. The molecule has 2 rings (SSSR count). The molecule has 2 N–H and O–H groups in total. The SMILES string of the molecule is Cc1c(Cl)cccc1NC(=O)CN1C[C@@H](C(F)(F)F)[C@H](C(=O)O)C1.Cl. The van der Waals surface area contributed by atoms with Gasteiger partial charge in [-0.2, -0.15) is 13.2 Å². The summed E-state index contributed by atoms with van der Waals surface area (Å²) in [7, 11) is 0. The Balaban J connectivity index is 0.00000312. The van der Waals surface area contributed by atoms with E-state index in [4.69, 9.17) is 16.7 Å². The Kier molecular flexibility index (Phi) is 7.10. The first kappa shape index (κ1) is 21.5. The summed E-state index contributed by atoms with van der Waals surface area (Å²) < 4.78 is 38.8. The maximum Gasteiger partial charge on any atom is 0.393 e. The fourth-order valence-electron chi connectivity index (χ4n) is 2.73. The van der Waals surface area contributed by atoms with Gasteiger partial charge < -0.3 is 10.4 Å². The number of likely N-dealkylation sites (tertiary alicyclic amines) is 1. The van der Waals surface area contributed by atoms with Gasteiger partial charge in [0, 0.05) is 23.8 Å². The molecule has 0 unspecified atom stereocenters. The summed E-state index contributed by atoms with van der Waals surface area (Å²) in [6, 6.07) is 4.92. The molecule has 1 aliphatic heterocycles. The van der Waals surface area contributed by atoms with E-state index >= 15 is 0 Å². The third-order valence-corrected chi connectivity index (χ3v) is 4.45. The fourth-order valence-corrected chi connectivity index (χ4v) is 2.91. The second-order valence-corrected chi connectivity index (χ2v) is 6.15. The van der Waals surface area contributed by atoms with Gasteiger partial charge in [-0.05, 0) is 24.6 Å². The molecule has 1 aliphatic rings. The molecule has 1 aromatic rings. The Hall–Kier alpha value is -1.51. The lowest BCUT2D eigenvalue weighted by Gasteiger charge is -2.18. The number of hydrogen-bond donors (Lipinski definition) is 2. The second kappa shape index (κ2) is 8.25. The van der Waals surface area contributed by atoms with E-state index in [1.807, 2.05) is 0 Å². The predicted molar refractivity (Wildman–Crippen MR) is 89.2 cm³/mol. The number of carboxylic acids is 1. The summed E-state index contributed by atoms with van der Waals surface area (Å²) in [6.07, 6.45) is -4.61. The average molecular weight is 401 g/mol. The van der Waals surface area contributed by atoms with Crippen LogP contribution in [0.5, 0.6) is 0 Å². The van der Waals surface area contributed by atoms with Crippen LogP contribution in [0.1, 0.15) is 5.56 Å². The molecule has 0 aliphatic carbocycles. The lowest BCUT2D eigenvalue weighted by Crippen LogP contribution is -2.34. The molecule has 0 spiro atoms. The van der Waals surface area contributed by atoms with Crippen LogP contribution < -0.4 is 5.32 Å². The topological polar surface area (TPSA) is 69.6 Å². The molecule has 1 heterocycles. The number of hydrogen-bond acceptors (Lipinski definition) is 3. The predicted octanol–water partition coefficient (Wildman–Crippen LogP) is 3.20. The van der Waals surface area contributed by atoms with E-state index in [1.54, 1.807) is 25.1 Å². The minimum atomic E-state index is -4.61. The fraction of sp³-hybridized carbons (Fsp3) is 0.467. The largest absolute Gasteiger partial charge is 0.481 e. The van der Waals surface area contributed by atoms with Crippen molar-refractivity contribution < 1.29 is 27.9 Å². The number of aliphatic carboxylic acids is 1. The Morgan fingerprint density at radius 3 is 2.52 bits per heavy atom. The van der Waals surface area contributed by atoms with Gasteiger partial charge in [0.2, 0.25) is 5.91 Å². The van der Waals surface area contributed by atoms with Crippen molar-refractivity contribution in [3.63, 3.8) is 0 Å². The molecule has 0 aromatic heterocycles. The highest BCUT2D eigenvalue weighted by atomic mass is 35.5. The van der Waals surface area contributed by atoms with Gasteiger partial charge in [-0.1, -0.05) is 17.7 Å². The number of nitrogens with one attached hydrogen (secondary N) is 1. The molecular formula is C15H17Cl2F3N2O3. The van der Waals surface area contributed by atoms with Crippen LogP contribution in [0.25, 0.3) is 0 Å². The quantitative estimate of drug-likeness (QED) is 0.813. The van der Waals surface area contributed by atoms with Gasteiger partial charge in [0.15, 0.2) is 0 Å². The minimum absolute atomic E-state index is 0. The Morgan fingerprint density at radius 1 is 1.36 bits per heavy atom. The molecule has 1 fully saturated rings. The van der Waals surface area contributed by atoms with Gasteiger partial charge in [0.1, 0.15) is 0 Å². The van der Waals surface area contributed by atoms with Crippen LogP contribution >= 0.6 is 24.0 Å². The van der Waals surface area contributed by atoms with Crippen LogP contribution in [0.4, 0.5) is 18.9 Å². The van der Waals surface area contributed by atoms with Crippen molar-refractivity contribution in [3.8, 4) is 0 Å². The number of carbonyl (C=O) groups is 2. The average Bonchev–Trinajstić information content (AvgIpc) is 2.88. The maximum absolute atomic E-state index is 12.9. The summed E-state index contributed by atoms with van der Waals surface area (Å²) in [6.45, 7) is 0.556. The van der Waals surface area contributed by atoms with Crippen molar-refractivity contribution in [2.24, 2.45) is 11.8 Å². The number of halogens is 5. The Morgan fingerprint density at radius 2 is 2.00 bits per heavy atom. The number of anilines is 1. The van der Waals surface area contributed by atoms with E-state index in [0.29, 0.717) is 16.3 Å². The highest BCUT2D eigenvalue weighted by molar-refractivity contribution is 6.31.